The Labute approximate surface area is 141 Å². The number of carbonyl (C=O) groups is 1. The first kappa shape index (κ1) is 17.9. The minimum Gasteiger partial charge on any atom is -0.493 e. The van der Waals surface area contributed by atoms with Gasteiger partial charge in [0.2, 0.25) is 0 Å². The van der Waals surface area contributed by atoms with Gasteiger partial charge in [0.15, 0.2) is 11.5 Å². The molecule has 0 aliphatic heterocycles. The van der Waals surface area contributed by atoms with Crippen molar-refractivity contribution in [3.05, 3.63) is 52.5 Å². The fraction of sp³-hybridized carbons (Fsp3) is 0.188. The molecule has 128 valence electrons. The Hall–Kier alpha value is -2.41. The number of hydrogen-bond acceptors (Lipinski definition) is 3. The molecule has 0 spiro atoms. The number of rotatable bonds is 4. The van der Waals surface area contributed by atoms with Crippen molar-refractivity contribution in [3.63, 3.8) is 0 Å². The van der Waals surface area contributed by atoms with Crippen molar-refractivity contribution in [1.82, 2.24) is 0 Å². The maximum Gasteiger partial charge on any atom is 0.416 e. The number of nitrogens with one attached hydrogen (secondary N) is 1. The third kappa shape index (κ3) is 3.91. The molecule has 2 aromatic rings. The third-order valence-corrected chi connectivity index (χ3v) is 3.50. The number of halogens is 4. The van der Waals surface area contributed by atoms with Gasteiger partial charge in [-0.05, 0) is 36.4 Å². The van der Waals surface area contributed by atoms with Crippen LogP contribution in [0.5, 0.6) is 11.5 Å². The van der Waals surface area contributed by atoms with Gasteiger partial charge in [-0.1, -0.05) is 11.6 Å². The molecular weight excluding hydrogens is 347 g/mol. The van der Waals surface area contributed by atoms with E-state index in [0.717, 1.165) is 18.2 Å². The predicted molar refractivity (Wildman–Crippen MR) is 84.0 cm³/mol. The lowest BCUT2D eigenvalue weighted by Gasteiger charge is -2.12. The van der Waals surface area contributed by atoms with E-state index in [2.05, 4.69) is 5.32 Å². The summed E-state index contributed by atoms with van der Waals surface area (Å²) in [6.07, 6.45) is -4.50. The first-order chi connectivity index (χ1) is 11.3. The average Bonchev–Trinajstić information content (AvgIpc) is 2.54. The molecule has 8 heteroatoms. The molecule has 2 rings (SSSR count). The van der Waals surface area contributed by atoms with E-state index in [1.54, 1.807) is 6.07 Å². The zero-order chi connectivity index (χ0) is 17.9. The van der Waals surface area contributed by atoms with Crippen molar-refractivity contribution in [2.24, 2.45) is 0 Å². The van der Waals surface area contributed by atoms with E-state index >= 15 is 0 Å². The molecule has 0 atom stereocenters. The standard InChI is InChI=1S/C16H13ClF3NO3/c1-23-13-6-3-9(7-14(13)24-2)15(22)21-12-5-4-10(8-11(12)17)16(18,19)20/h3-8H,1-2H3,(H,21,22). The van der Waals surface area contributed by atoms with E-state index in [1.165, 1.54) is 26.4 Å². The topological polar surface area (TPSA) is 47.6 Å². The van der Waals surface area contributed by atoms with Crippen molar-refractivity contribution in [2.75, 3.05) is 19.5 Å². The molecule has 24 heavy (non-hydrogen) atoms. The summed E-state index contributed by atoms with van der Waals surface area (Å²) in [5.74, 6) is 0.253. The van der Waals surface area contributed by atoms with Crippen LogP contribution in [-0.2, 0) is 6.18 Å². The molecule has 0 fully saturated rings. The first-order valence-corrected chi connectivity index (χ1v) is 7.04. The fourth-order valence-corrected chi connectivity index (χ4v) is 2.19. The third-order valence-electron chi connectivity index (χ3n) is 3.19. The number of methoxy groups -OCH3 is 2. The molecule has 2 aromatic carbocycles. The predicted octanol–water partition coefficient (Wildman–Crippen LogP) is 4.63. The monoisotopic (exact) mass is 359 g/mol. The number of alkyl halides is 3. The van der Waals surface area contributed by atoms with Gasteiger partial charge in [0.1, 0.15) is 0 Å². The summed E-state index contributed by atoms with van der Waals surface area (Å²) in [7, 11) is 2.88. The van der Waals surface area contributed by atoms with E-state index in [9.17, 15) is 18.0 Å². The zero-order valence-corrected chi connectivity index (χ0v) is 13.5. The number of carbonyl (C=O) groups excluding carboxylic acids is 1. The van der Waals surface area contributed by atoms with Gasteiger partial charge in [-0.3, -0.25) is 4.79 Å². The number of benzene rings is 2. The number of anilines is 1. The van der Waals surface area contributed by atoms with Gasteiger partial charge in [0, 0.05) is 5.56 Å². The van der Waals surface area contributed by atoms with Crippen molar-refractivity contribution >= 4 is 23.2 Å². The van der Waals surface area contributed by atoms with Crippen LogP contribution in [0.15, 0.2) is 36.4 Å². The molecule has 1 N–H and O–H groups in total. The van der Waals surface area contributed by atoms with Crippen molar-refractivity contribution in [2.45, 2.75) is 6.18 Å². The second-order valence-corrected chi connectivity index (χ2v) is 5.12. The molecular formula is C16H13ClF3NO3. The molecule has 0 aliphatic carbocycles. The summed E-state index contributed by atoms with van der Waals surface area (Å²) in [6.45, 7) is 0. The van der Waals surface area contributed by atoms with Gasteiger partial charge in [0.05, 0.1) is 30.5 Å². The molecule has 4 nitrogen and oxygen atoms in total. The lowest BCUT2D eigenvalue weighted by atomic mass is 10.1. The lowest BCUT2D eigenvalue weighted by molar-refractivity contribution is -0.137. The molecule has 0 saturated heterocycles. The van der Waals surface area contributed by atoms with E-state index in [-0.39, 0.29) is 16.3 Å². The maximum atomic E-state index is 12.6. The molecule has 0 aromatic heterocycles. The Kier molecular flexibility index (Phi) is 5.23. The molecule has 1 amide bonds. The highest BCUT2D eigenvalue weighted by molar-refractivity contribution is 6.34. The van der Waals surface area contributed by atoms with E-state index in [4.69, 9.17) is 21.1 Å². The summed E-state index contributed by atoms with van der Waals surface area (Å²) in [5.41, 5.74) is -0.579. The van der Waals surface area contributed by atoms with E-state index in [0.29, 0.717) is 11.5 Å². The summed E-state index contributed by atoms with van der Waals surface area (Å²) in [4.78, 5) is 12.2. The Balaban J connectivity index is 2.24. The number of ether oxygens (including phenoxy) is 2. The fourth-order valence-electron chi connectivity index (χ4n) is 1.96. The van der Waals surface area contributed by atoms with Crippen molar-refractivity contribution < 1.29 is 27.4 Å². The highest BCUT2D eigenvalue weighted by Gasteiger charge is 2.31. The second-order valence-electron chi connectivity index (χ2n) is 4.72. The van der Waals surface area contributed by atoms with Crippen LogP contribution in [0.4, 0.5) is 18.9 Å². The Morgan fingerprint density at radius 1 is 1.04 bits per heavy atom. The van der Waals surface area contributed by atoms with Gasteiger partial charge < -0.3 is 14.8 Å². The van der Waals surface area contributed by atoms with Gasteiger partial charge in [-0.2, -0.15) is 13.2 Å². The van der Waals surface area contributed by atoms with Crippen molar-refractivity contribution in [3.8, 4) is 11.5 Å². The zero-order valence-electron chi connectivity index (χ0n) is 12.7. The maximum absolute atomic E-state index is 12.6. The van der Waals surface area contributed by atoms with Crippen LogP contribution in [0.25, 0.3) is 0 Å². The van der Waals surface area contributed by atoms with Crippen LogP contribution in [-0.4, -0.2) is 20.1 Å². The van der Waals surface area contributed by atoms with Gasteiger partial charge in [-0.15, -0.1) is 0 Å². The van der Waals surface area contributed by atoms with Crippen LogP contribution >= 0.6 is 11.6 Å². The van der Waals surface area contributed by atoms with Crippen molar-refractivity contribution in [1.29, 1.82) is 0 Å². The van der Waals surface area contributed by atoms with E-state index < -0.39 is 17.6 Å². The Morgan fingerprint density at radius 3 is 2.25 bits per heavy atom. The van der Waals surface area contributed by atoms with Crippen LogP contribution in [0.1, 0.15) is 15.9 Å². The Bertz CT molecular complexity index is 763. The molecule has 0 heterocycles. The second kappa shape index (κ2) is 7.00. The number of amides is 1. The normalized spacial score (nSPS) is 11.1. The summed E-state index contributed by atoms with van der Waals surface area (Å²) in [6, 6.07) is 7.19. The molecule has 0 aliphatic rings. The van der Waals surface area contributed by atoms with Gasteiger partial charge in [0.25, 0.3) is 5.91 Å². The SMILES string of the molecule is COc1ccc(C(=O)Nc2ccc(C(F)(F)F)cc2Cl)cc1OC. The largest absolute Gasteiger partial charge is 0.493 e. The van der Waals surface area contributed by atoms with E-state index in [1.807, 2.05) is 0 Å². The highest BCUT2D eigenvalue weighted by atomic mass is 35.5. The van der Waals surface area contributed by atoms with Gasteiger partial charge in [-0.25, -0.2) is 0 Å². The van der Waals surface area contributed by atoms with Crippen LogP contribution in [0, 0.1) is 0 Å². The molecule has 0 unspecified atom stereocenters. The summed E-state index contributed by atoms with van der Waals surface area (Å²) < 4.78 is 48.0. The Morgan fingerprint density at radius 2 is 1.71 bits per heavy atom. The first-order valence-electron chi connectivity index (χ1n) is 6.66. The molecule has 0 bridgehead atoms. The highest BCUT2D eigenvalue weighted by Crippen LogP contribution is 2.34. The summed E-state index contributed by atoms with van der Waals surface area (Å²) >= 11 is 5.81. The minimum atomic E-state index is -4.50. The lowest BCUT2D eigenvalue weighted by Crippen LogP contribution is -2.13. The van der Waals surface area contributed by atoms with Gasteiger partial charge >= 0.3 is 6.18 Å². The molecule has 0 saturated carbocycles. The number of hydrogen-bond donors (Lipinski definition) is 1. The van der Waals surface area contributed by atoms with Crippen LogP contribution < -0.4 is 14.8 Å². The quantitative estimate of drug-likeness (QED) is 0.866. The van der Waals surface area contributed by atoms with Crippen LogP contribution in [0.3, 0.4) is 0 Å². The summed E-state index contributed by atoms with van der Waals surface area (Å²) in [5, 5.41) is 2.25. The average molecular weight is 360 g/mol. The van der Waals surface area contributed by atoms with Crippen LogP contribution in [0.2, 0.25) is 5.02 Å². The smallest absolute Gasteiger partial charge is 0.416 e. The molecule has 0 radical (unpaired) electrons. The minimum absolute atomic E-state index is 0.0736.